The van der Waals surface area contributed by atoms with Crippen LogP contribution < -0.4 is 0 Å². The van der Waals surface area contributed by atoms with E-state index >= 15 is 0 Å². The van der Waals surface area contributed by atoms with E-state index in [1.54, 1.807) is 36.4 Å². The third-order valence-electron chi connectivity index (χ3n) is 11.9. The van der Waals surface area contributed by atoms with E-state index in [0.717, 1.165) is 22.9 Å². The van der Waals surface area contributed by atoms with Gasteiger partial charge in [-0.1, -0.05) is 100 Å². The van der Waals surface area contributed by atoms with Crippen molar-refractivity contribution in [2.45, 2.75) is 74.4 Å². The van der Waals surface area contributed by atoms with E-state index in [9.17, 15) is 50.2 Å². The van der Waals surface area contributed by atoms with Crippen molar-refractivity contribution in [1.82, 2.24) is 9.80 Å². The Balaban J connectivity index is 1.50. The number of hydrogen-bond donors (Lipinski definition) is 4. The number of nitrogens with zero attached hydrogens (tertiary/aromatic N) is 4. The minimum absolute atomic E-state index is 0.0551. The van der Waals surface area contributed by atoms with Gasteiger partial charge in [-0.2, -0.15) is 0 Å². The normalized spacial score (nSPS) is 19.4. The standard InChI is InChI=1S/C48H54N4O10S/c1-29(2)35-9-5-7-11-37(35)45-31(15-19-43(57)49-23-21-39(55)33(25-49)27-53)13-17-41(47(45)51(59)60)63-42-18-14-32(16-20-44(58)50-24-22-40(56)34(26-50)28-54)46(48(42)52(61)62)38-12-8-6-10-36(38)30(3)4/h5-20,29-30,33-34,39-40,53-56H,21-28H2,1-4H3/b19-15+,20-16+. The molecular formula is C48H54N4O10S. The highest BCUT2D eigenvalue weighted by molar-refractivity contribution is 7.99. The van der Waals surface area contributed by atoms with Crippen LogP contribution in [0.5, 0.6) is 0 Å². The Morgan fingerprint density at radius 2 is 1.05 bits per heavy atom. The van der Waals surface area contributed by atoms with Crippen LogP contribution in [0, 0.1) is 32.1 Å². The Morgan fingerprint density at radius 3 is 1.40 bits per heavy atom. The Bertz CT molecular complexity index is 2250. The fraction of sp³-hybridized carbons (Fsp3) is 0.375. The third-order valence-corrected chi connectivity index (χ3v) is 13.0. The van der Waals surface area contributed by atoms with Gasteiger partial charge in [0.15, 0.2) is 0 Å². The molecule has 4 atom stereocenters. The van der Waals surface area contributed by atoms with E-state index in [1.807, 2.05) is 52.0 Å². The van der Waals surface area contributed by atoms with Gasteiger partial charge in [-0.3, -0.25) is 29.8 Å². The number of rotatable bonds is 14. The summed E-state index contributed by atoms with van der Waals surface area (Å²) in [5, 5.41) is 66.8. The zero-order valence-corrected chi connectivity index (χ0v) is 36.6. The molecule has 0 radical (unpaired) electrons. The summed E-state index contributed by atoms with van der Waals surface area (Å²) in [5.74, 6) is -1.85. The molecule has 2 aliphatic rings. The Morgan fingerprint density at radius 1 is 0.667 bits per heavy atom. The highest BCUT2D eigenvalue weighted by atomic mass is 32.2. The van der Waals surface area contributed by atoms with Crippen molar-refractivity contribution in [1.29, 1.82) is 0 Å². The maximum atomic E-state index is 13.5. The van der Waals surface area contributed by atoms with Gasteiger partial charge in [-0.15, -0.1) is 0 Å². The highest BCUT2D eigenvalue weighted by Gasteiger charge is 2.33. The lowest BCUT2D eigenvalue weighted by Crippen LogP contribution is -2.46. The summed E-state index contributed by atoms with van der Waals surface area (Å²) in [6.07, 6.45) is 4.86. The zero-order valence-electron chi connectivity index (χ0n) is 35.8. The van der Waals surface area contributed by atoms with Crippen molar-refractivity contribution in [3.63, 3.8) is 0 Å². The second-order valence-corrected chi connectivity index (χ2v) is 17.8. The molecule has 4 N–H and O–H groups in total. The summed E-state index contributed by atoms with van der Waals surface area (Å²) in [6, 6.07) is 20.9. The first kappa shape index (κ1) is 46.8. The molecule has 2 fully saturated rings. The largest absolute Gasteiger partial charge is 0.396 e. The Labute approximate surface area is 370 Å². The molecule has 2 heterocycles. The van der Waals surface area contributed by atoms with Gasteiger partial charge < -0.3 is 30.2 Å². The van der Waals surface area contributed by atoms with Crippen LogP contribution in [0.3, 0.4) is 0 Å². The van der Waals surface area contributed by atoms with Crippen LogP contribution in [0.4, 0.5) is 11.4 Å². The van der Waals surface area contributed by atoms with Crippen molar-refractivity contribution in [3.05, 3.63) is 127 Å². The van der Waals surface area contributed by atoms with Crippen LogP contribution in [-0.4, -0.2) is 103 Å². The minimum Gasteiger partial charge on any atom is -0.396 e. The van der Waals surface area contributed by atoms with Gasteiger partial charge in [0.25, 0.3) is 11.4 Å². The first-order valence-electron chi connectivity index (χ1n) is 21.2. The molecule has 2 amide bonds. The van der Waals surface area contributed by atoms with Crippen LogP contribution in [0.1, 0.15) is 74.6 Å². The highest BCUT2D eigenvalue weighted by Crippen LogP contribution is 2.50. The maximum absolute atomic E-state index is 13.5. The molecule has 14 nitrogen and oxygen atoms in total. The lowest BCUT2D eigenvalue weighted by Gasteiger charge is -2.34. The molecule has 0 spiro atoms. The van der Waals surface area contributed by atoms with Crippen molar-refractivity contribution in [3.8, 4) is 22.3 Å². The Kier molecular flexibility index (Phi) is 15.3. The number of aliphatic hydroxyl groups is 4. The number of carbonyl (C=O) groups is 2. The van der Waals surface area contributed by atoms with Crippen LogP contribution >= 0.6 is 11.8 Å². The van der Waals surface area contributed by atoms with Gasteiger partial charge in [-0.25, -0.2) is 0 Å². The lowest BCUT2D eigenvalue weighted by molar-refractivity contribution is -0.387. The van der Waals surface area contributed by atoms with Gasteiger partial charge in [0.2, 0.25) is 11.8 Å². The number of aliphatic hydroxyl groups excluding tert-OH is 4. The molecule has 332 valence electrons. The van der Waals surface area contributed by atoms with Gasteiger partial charge in [0.1, 0.15) is 0 Å². The first-order valence-corrected chi connectivity index (χ1v) is 22.0. The smallest absolute Gasteiger partial charge is 0.291 e. The molecule has 63 heavy (non-hydrogen) atoms. The average molecular weight is 879 g/mol. The second-order valence-electron chi connectivity index (χ2n) is 16.7. The molecule has 4 aromatic carbocycles. The topological polar surface area (TPSA) is 208 Å². The summed E-state index contributed by atoms with van der Waals surface area (Å²) >= 11 is 0.885. The predicted octanol–water partition coefficient (Wildman–Crippen LogP) is 7.66. The van der Waals surface area contributed by atoms with E-state index < -0.39 is 33.9 Å². The molecule has 0 aliphatic carbocycles. The summed E-state index contributed by atoms with van der Waals surface area (Å²) in [4.78, 5) is 56.0. The number of hydrogen-bond acceptors (Lipinski definition) is 11. The second kappa shape index (κ2) is 20.6. The van der Waals surface area contributed by atoms with E-state index in [-0.39, 0.29) is 95.3 Å². The molecule has 0 aromatic heterocycles. The summed E-state index contributed by atoms with van der Waals surface area (Å²) in [7, 11) is 0. The molecule has 4 unspecified atom stereocenters. The summed E-state index contributed by atoms with van der Waals surface area (Å²) in [6.45, 7) is 8.18. The quantitative estimate of drug-likeness (QED) is 0.0549. The van der Waals surface area contributed by atoms with Crippen molar-refractivity contribution in [2.24, 2.45) is 11.8 Å². The predicted molar refractivity (Wildman–Crippen MR) is 243 cm³/mol. The fourth-order valence-corrected chi connectivity index (χ4v) is 9.51. The molecule has 0 saturated carbocycles. The number of likely N-dealkylation sites (tertiary alicyclic amines) is 2. The molecule has 2 aliphatic heterocycles. The molecule has 0 bridgehead atoms. The minimum atomic E-state index is -0.731. The monoisotopic (exact) mass is 878 g/mol. The number of benzene rings is 4. The fourth-order valence-electron chi connectivity index (χ4n) is 8.45. The number of nitro groups is 2. The number of amides is 2. The average Bonchev–Trinajstić information content (AvgIpc) is 3.27. The van der Waals surface area contributed by atoms with Gasteiger partial charge in [-0.05, 0) is 82.3 Å². The number of nitro benzene ring substituents is 2. The lowest BCUT2D eigenvalue weighted by atomic mass is 9.89. The third kappa shape index (κ3) is 10.4. The van der Waals surface area contributed by atoms with Crippen LogP contribution in [0.2, 0.25) is 0 Å². The molecule has 15 heteroatoms. The van der Waals surface area contributed by atoms with E-state index in [1.165, 1.54) is 46.2 Å². The van der Waals surface area contributed by atoms with Crippen LogP contribution in [0.15, 0.2) is 94.7 Å². The van der Waals surface area contributed by atoms with Crippen molar-refractivity contribution >= 4 is 47.1 Å². The van der Waals surface area contributed by atoms with Gasteiger partial charge in [0, 0.05) is 50.2 Å². The van der Waals surface area contributed by atoms with E-state index in [4.69, 9.17) is 0 Å². The summed E-state index contributed by atoms with van der Waals surface area (Å²) in [5.41, 5.74) is 3.39. The number of piperidine rings is 2. The van der Waals surface area contributed by atoms with Crippen molar-refractivity contribution < 1.29 is 39.9 Å². The molecule has 4 aromatic rings. The SMILES string of the molecule is CC(C)c1ccccc1-c1c(/C=C/C(=O)N2CCC(O)C(CO)C2)ccc(Sc2ccc(/C=C/C(=O)N3CCC(O)C(CO)C3)c(-c3ccccc3C(C)C)c2[N+](=O)[O-])c1[N+](=O)[O-]. The molecular weight excluding hydrogens is 825 g/mol. The molecule has 2 saturated heterocycles. The zero-order chi connectivity index (χ0) is 45.5. The molecule has 6 rings (SSSR count). The maximum Gasteiger partial charge on any atom is 0.291 e. The number of carbonyl (C=O) groups excluding carboxylic acids is 2. The van der Waals surface area contributed by atoms with Crippen molar-refractivity contribution in [2.75, 3.05) is 39.4 Å². The Hall–Kier alpha value is -5.71. The first-order chi connectivity index (χ1) is 30.1. The van der Waals surface area contributed by atoms with E-state index in [0.29, 0.717) is 35.1 Å². The van der Waals surface area contributed by atoms with Gasteiger partial charge >= 0.3 is 0 Å². The summed E-state index contributed by atoms with van der Waals surface area (Å²) < 4.78 is 0. The van der Waals surface area contributed by atoms with E-state index in [2.05, 4.69) is 0 Å². The van der Waals surface area contributed by atoms with Crippen LogP contribution in [0.25, 0.3) is 34.4 Å². The van der Waals surface area contributed by atoms with Crippen LogP contribution in [-0.2, 0) is 9.59 Å². The van der Waals surface area contributed by atoms with Gasteiger partial charge in [0.05, 0.1) is 56.2 Å².